The van der Waals surface area contributed by atoms with Gasteiger partial charge in [-0.3, -0.25) is 9.79 Å². The molecule has 4 rings (SSSR count). The van der Waals surface area contributed by atoms with E-state index in [0.29, 0.717) is 33.3 Å². The molecule has 30 heavy (non-hydrogen) atoms. The van der Waals surface area contributed by atoms with Crippen LogP contribution in [0.5, 0.6) is 0 Å². The monoisotopic (exact) mass is 441 g/mol. The van der Waals surface area contributed by atoms with Crippen LogP contribution in [0.3, 0.4) is 0 Å². The number of rotatable bonds is 4. The second-order valence-electron chi connectivity index (χ2n) is 7.57. The van der Waals surface area contributed by atoms with Crippen molar-refractivity contribution in [3.63, 3.8) is 0 Å². The van der Waals surface area contributed by atoms with E-state index in [9.17, 15) is 9.59 Å². The molecule has 0 saturated heterocycles. The summed E-state index contributed by atoms with van der Waals surface area (Å²) >= 11 is 13.0. The number of ketones is 1. The van der Waals surface area contributed by atoms with Gasteiger partial charge in [0, 0.05) is 33.8 Å². The molecule has 0 N–H and O–H groups in total. The van der Waals surface area contributed by atoms with Gasteiger partial charge in [0.1, 0.15) is 12.4 Å². The fourth-order valence-electron chi connectivity index (χ4n) is 4.31. The molecule has 2 atom stereocenters. The molecule has 2 aromatic carbocycles. The summed E-state index contributed by atoms with van der Waals surface area (Å²) < 4.78 is 5.62. The summed E-state index contributed by atoms with van der Waals surface area (Å²) in [6.07, 6.45) is 1.94. The highest BCUT2D eigenvalue weighted by Gasteiger charge is 2.45. The number of benzene rings is 2. The largest absolute Gasteiger partial charge is 0.457 e. The molecule has 2 aliphatic rings. The molecule has 0 aromatic heterocycles. The summed E-state index contributed by atoms with van der Waals surface area (Å²) in [5.74, 6) is -1.59. The number of aliphatic imine (C=N–C) groups is 1. The molecule has 1 fully saturated rings. The van der Waals surface area contributed by atoms with Gasteiger partial charge in [-0.15, -0.1) is 0 Å². The molecule has 2 aromatic rings. The van der Waals surface area contributed by atoms with Crippen molar-refractivity contribution in [2.75, 3.05) is 0 Å². The van der Waals surface area contributed by atoms with E-state index in [1.165, 1.54) is 0 Å². The first-order chi connectivity index (χ1) is 14.5. The average Bonchev–Trinajstić information content (AvgIpc) is 2.72. The first-order valence-corrected chi connectivity index (χ1v) is 10.7. The van der Waals surface area contributed by atoms with Crippen LogP contribution in [0.2, 0.25) is 10.0 Å². The number of ether oxygens (including phenoxy) is 1. The highest BCUT2D eigenvalue weighted by Crippen LogP contribution is 2.47. The summed E-state index contributed by atoms with van der Waals surface area (Å²) in [6, 6.07) is 14.7. The summed E-state index contributed by atoms with van der Waals surface area (Å²) in [4.78, 5) is 30.8. The maximum atomic E-state index is 13.2. The van der Waals surface area contributed by atoms with Gasteiger partial charge in [-0.05, 0) is 43.0 Å². The highest BCUT2D eigenvalue weighted by molar-refractivity contribution is 6.36. The van der Waals surface area contributed by atoms with Crippen molar-refractivity contribution in [2.45, 2.75) is 38.7 Å². The molecular weight excluding hydrogens is 421 g/mol. The lowest BCUT2D eigenvalue weighted by molar-refractivity contribution is -0.140. The van der Waals surface area contributed by atoms with E-state index >= 15 is 0 Å². The second-order valence-corrected chi connectivity index (χ2v) is 8.39. The highest BCUT2D eigenvalue weighted by atomic mass is 35.5. The molecule has 0 amide bonds. The van der Waals surface area contributed by atoms with Gasteiger partial charge in [0.05, 0.1) is 11.5 Å². The molecule has 0 spiro atoms. The minimum atomic E-state index is -0.602. The van der Waals surface area contributed by atoms with E-state index in [1.54, 1.807) is 25.1 Å². The molecule has 2 unspecified atom stereocenters. The molecule has 154 valence electrons. The molecule has 0 bridgehead atoms. The lowest BCUT2D eigenvalue weighted by Gasteiger charge is -2.36. The number of fused-ring (bicyclic) bond motifs is 1. The number of halogens is 2. The maximum Gasteiger partial charge on any atom is 0.336 e. The van der Waals surface area contributed by atoms with Crippen molar-refractivity contribution in [3.05, 3.63) is 81.0 Å². The lowest BCUT2D eigenvalue weighted by atomic mass is 9.69. The van der Waals surface area contributed by atoms with Gasteiger partial charge < -0.3 is 4.74 Å². The molecule has 0 radical (unpaired) electrons. The van der Waals surface area contributed by atoms with E-state index < -0.39 is 17.8 Å². The van der Waals surface area contributed by atoms with E-state index in [2.05, 4.69) is 4.99 Å². The van der Waals surface area contributed by atoms with E-state index in [1.807, 2.05) is 30.3 Å². The van der Waals surface area contributed by atoms with Crippen molar-refractivity contribution in [2.24, 2.45) is 10.9 Å². The van der Waals surface area contributed by atoms with Crippen LogP contribution in [0, 0.1) is 5.92 Å². The van der Waals surface area contributed by atoms with Gasteiger partial charge in [0.2, 0.25) is 0 Å². The zero-order valence-electron chi connectivity index (χ0n) is 16.5. The number of Topliss-reactive ketones (excluding diaryl/α,β-unsaturated/α-hetero) is 1. The average molecular weight is 442 g/mol. The fourth-order valence-corrected chi connectivity index (χ4v) is 4.94. The van der Waals surface area contributed by atoms with Crippen molar-refractivity contribution >= 4 is 40.7 Å². The maximum absolute atomic E-state index is 13.2. The number of hydrogen-bond donors (Lipinski definition) is 0. The number of nitrogens with zero attached hydrogens (tertiary/aromatic N) is 1. The molecular formula is C24H21Cl2NO3. The van der Waals surface area contributed by atoms with Gasteiger partial charge in [0.25, 0.3) is 0 Å². The number of carbonyl (C=O) groups excluding carboxylic acids is 2. The van der Waals surface area contributed by atoms with Crippen molar-refractivity contribution in [3.8, 4) is 0 Å². The first-order valence-electron chi connectivity index (χ1n) is 9.93. The Morgan fingerprint density at radius 2 is 1.73 bits per heavy atom. The van der Waals surface area contributed by atoms with Crippen LogP contribution in [0.15, 0.2) is 64.8 Å². The Balaban J connectivity index is 1.77. The first kappa shape index (κ1) is 20.8. The number of allylic oxidation sites excluding steroid dienone is 1. The number of esters is 1. The normalized spacial score (nSPS) is 21.2. The molecule has 1 aliphatic carbocycles. The molecule has 1 heterocycles. The Morgan fingerprint density at radius 3 is 2.43 bits per heavy atom. The quantitative estimate of drug-likeness (QED) is 0.553. The Kier molecular flexibility index (Phi) is 6.07. The summed E-state index contributed by atoms with van der Waals surface area (Å²) in [7, 11) is 0. The minimum absolute atomic E-state index is 0.0573. The predicted molar refractivity (Wildman–Crippen MR) is 118 cm³/mol. The van der Waals surface area contributed by atoms with E-state index in [-0.39, 0.29) is 12.4 Å². The van der Waals surface area contributed by atoms with Crippen LogP contribution < -0.4 is 0 Å². The zero-order chi connectivity index (χ0) is 21.3. The van der Waals surface area contributed by atoms with E-state index in [0.717, 1.165) is 24.1 Å². The minimum Gasteiger partial charge on any atom is -0.457 e. The Labute approximate surface area is 185 Å². The number of hydrogen-bond acceptors (Lipinski definition) is 4. The summed E-state index contributed by atoms with van der Waals surface area (Å²) in [6.45, 7) is 1.91. The van der Waals surface area contributed by atoms with Crippen LogP contribution in [0.25, 0.3) is 0 Å². The summed E-state index contributed by atoms with van der Waals surface area (Å²) in [5, 5.41) is 0.849. The third-order valence-corrected chi connectivity index (χ3v) is 6.31. The van der Waals surface area contributed by atoms with Gasteiger partial charge in [-0.1, -0.05) is 59.6 Å². The zero-order valence-corrected chi connectivity index (χ0v) is 18.0. The smallest absolute Gasteiger partial charge is 0.336 e. The predicted octanol–water partition coefficient (Wildman–Crippen LogP) is 5.92. The Hall–Kier alpha value is -2.43. The fraction of sp³-hybridized carbons (Fsp3) is 0.292. The van der Waals surface area contributed by atoms with Crippen LogP contribution in [-0.2, 0) is 20.9 Å². The topological polar surface area (TPSA) is 55.7 Å². The molecule has 1 aliphatic heterocycles. The third-order valence-electron chi connectivity index (χ3n) is 5.65. The van der Waals surface area contributed by atoms with Crippen molar-refractivity contribution in [1.82, 2.24) is 0 Å². The van der Waals surface area contributed by atoms with Gasteiger partial charge in [0.15, 0.2) is 0 Å². The van der Waals surface area contributed by atoms with Crippen molar-refractivity contribution < 1.29 is 14.3 Å². The second kappa shape index (κ2) is 8.75. The van der Waals surface area contributed by atoms with E-state index in [4.69, 9.17) is 27.9 Å². The van der Waals surface area contributed by atoms with Crippen LogP contribution in [0.1, 0.15) is 43.2 Å². The third kappa shape index (κ3) is 3.94. The van der Waals surface area contributed by atoms with Crippen LogP contribution in [0.4, 0.5) is 0 Å². The molecule has 4 nitrogen and oxygen atoms in total. The van der Waals surface area contributed by atoms with Crippen LogP contribution >= 0.6 is 23.2 Å². The van der Waals surface area contributed by atoms with Gasteiger partial charge >= 0.3 is 5.97 Å². The molecule has 1 saturated carbocycles. The standard InChI is InChI=1S/C24H21Cl2NO3/c1-14-20(24(29)30-13-15-7-3-2-4-8-15)23(21-16(25)9-5-10-17(21)26)22-18(27-14)11-6-12-19(22)28/h2-5,7-10,22-23H,6,11-13H2,1H3. The summed E-state index contributed by atoms with van der Waals surface area (Å²) in [5.41, 5.74) is 3.16. The molecule has 6 heteroatoms. The number of carbonyl (C=O) groups is 2. The van der Waals surface area contributed by atoms with Crippen LogP contribution in [-0.4, -0.2) is 17.5 Å². The van der Waals surface area contributed by atoms with Gasteiger partial charge in [-0.25, -0.2) is 4.79 Å². The Morgan fingerprint density at radius 1 is 1.03 bits per heavy atom. The van der Waals surface area contributed by atoms with Gasteiger partial charge in [-0.2, -0.15) is 0 Å². The SMILES string of the molecule is CC1=C(C(=O)OCc2ccccc2)C(c2c(Cl)cccc2Cl)C2C(=O)CCCC2=N1. The Bertz CT molecular complexity index is 1040. The van der Waals surface area contributed by atoms with Crippen molar-refractivity contribution in [1.29, 1.82) is 0 Å². The lowest BCUT2D eigenvalue weighted by Crippen LogP contribution is -2.39.